The van der Waals surface area contributed by atoms with Crippen LogP contribution < -0.4 is 4.74 Å². The zero-order valence-electron chi connectivity index (χ0n) is 16.2. The van der Waals surface area contributed by atoms with E-state index >= 15 is 0 Å². The number of benzene rings is 4. The third kappa shape index (κ3) is 2.34. The Morgan fingerprint density at radius 1 is 0.600 bits per heavy atom. The van der Waals surface area contributed by atoms with Crippen molar-refractivity contribution in [1.82, 2.24) is 0 Å². The fourth-order valence-electron chi connectivity index (χ4n) is 4.55. The summed E-state index contributed by atoms with van der Waals surface area (Å²) >= 11 is 0. The molecule has 2 aliphatic rings. The fraction of sp³-hybridized carbons (Fsp3) is 0.0357. The van der Waals surface area contributed by atoms with E-state index in [9.17, 15) is 4.79 Å². The Balaban J connectivity index is 1.55. The van der Waals surface area contributed by atoms with Gasteiger partial charge < -0.3 is 4.74 Å². The van der Waals surface area contributed by atoms with E-state index in [1.807, 2.05) is 72.8 Å². The van der Waals surface area contributed by atoms with Gasteiger partial charge in [-0.25, -0.2) is 0 Å². The summed E-state index contributed by atoms with van der Waals surface area (Å²) in [6.45, 7) is 0. The van der Waals surface area contributed by atoms with Gasteiger partial charge in [-0.3, -0.25) is 4.79 Å². The molecular formula is C28H18O2. The Labute approximate surface area is 175 Å². The van der Waals surface area contributed by atoms with Crippen LogP contribution in [-0.2, 0) is 5.60 Å². The lowest BCUT2D eigenvalue weighted by atomic mass is 9.83. The zero-order chi connectivity index (χ0) is 20.1. The SMILES string of the molecule is O=C1c2ccccc2-c2cc3c(cc21)C=CC(c1ccccc1)(c1ccccc1)O3. The molecule has 0 fully saturated rings. The van der Waals surface area contributed by atoms with Crippen molar-refractivity contribution in [3.63, 3.8) is 0 Å². The van der Waals surface area contributed by atoms with Crippen molar-refractivity contribution in [2.75, 3.05) is 0 Å². The first-order valence-electron chi connectivity index (χ1n) is 10.1. The van der Waals surface area contributed by atoms with Crippen molar-refractivity contribution in [2.24, 2.45) is 0 Å². The maximum absolute atomic E-state index is 12.9. The van der Waals surface area contributed by atoms with E-state index in [1.54, 1.807) is 0 Å². The van der Waals surface area contributed by atoms with Crippen LogP contribution in [0.5, 0.6) is 5.75 Å². The van der Waals surface area contributed by atoms with E-state index in [4.69, 9.17) is 4.74 Å². The molecule has 0 atom stereocenters. The molecule has 4 aromatic rings. The van der Waals surface area contributed by atoms with Gasteiger partial charge in [-0.2, -0.15) is 0 Å². The van der Waals surface area contributed by atoms with Gasteiger partial charge in [-0.05, 0) is 29.3 Å². The van der Waals surface area contributed by atoms with Gasteiger partial charge in [-0.15, -0.1) is 0 Å². The van der Waals surface area contributed by atoms with E-state index in [2.05, 4.69) is 36.4 Å². The summed E-state index contributed by atoms with van der Waals surface area (Å²) in [5, 5.41) is 0. The van der Waals surface area contributed by atoms with E-state index in [1.165, 1.54) is 0 Å². The van der Waals surface area contributed by atoms with E-state index in [0.717, 1.165) is 44.7 Å². The lowest BCUT2D eigenvalue weighted by Gasteiger charge is -2.36. The quantitative estimate of drug-likeness (QED) is 0.359. The molecule has 0 saturated carbocycles. The molecule has 1 heterocycles. The molecule has 0 spiro atoms. The highest BCUT2D eigenvalue weighted by molar-refractivity contribution is 6.22. The number of fused-ring (bicyclic) bond motifs is 4. The van der Waals surface area contributed by atoms with Crippen LogP contribution in [-0.4, -0.2) is 5.78 Å². The molecule has 1 aliphatic heterocycles. The van der Waals surface area contributed by atoms with Crippen LogP contribution in [0.1, 0.15) is 32.6 Å². The Hall–Kier alpha value is -3.91. The Morgan fingerprint density at radius 3 is 1.87 bits per heavy atom. The van der Waals surface area contributed by atoms with Crippen molar-refractivity contribution in [1.29, 1.82) is 0 Å². The van der Waals surface area contributed by atoms with Gasteiger partial charge in [0.05, 0.1) is 0 Å². The summed E-state index contributed by atoms with van der Waals surface area (Å²) in [6.07, 6.45) is 4.17. The first kappa shape index (κ1) is 17.0. The van der Waals surface area contributed by atoms with Gasteiger partial charge in [0.25, 0.3) is 0 Å². The number of carbonyl (C=O) groups is 1. The van der Waals surface area contributed by atoms with Crippen molar-refractivity contribution < 1.29 is 9.53 Å². The van der Waals surface area contributed by atoms with Crippen molar-refractivity contribution >= 4 is 11.9 Å². The normalized spacial score (nSPS) is 15.1. The van der Waals surface area contributed by atoms with Gasteiger partial charge in [0.1, 0.15) is 5.75 Å². The lowest BCUT2D eigenvalue weighted by Crippen LogP contribution is -2.34. The smallest absolute Gasteiger partial charge is 0.194 e. The number of hydrogen-bond acceptors (Lipinski definition) is 2. The first-order chi connectivity index (χ1) is 14.8. The molecule has 0 N–H and O–H groups in total. The van der Waals surface area contributed by atoms with E-state index < -0.39 is 5.60 Å². The number of ketones is 1. The van der Waals surface area contributed by atoms with Gasteiger partial charge in [0.15, 0.2) is 11.4 Å². The monoisotopic (exact) mass is 386 g/mol. The van der Waals surface area contributed by atoms with E-state index in [-0.39, 0.29) is 5.78 Å². The molecule has 0 aromatic heterocycles. The Bertz CT molecular complexity index is 1280. The summed E-state index contributed by atoms with van der Waals surface area (Å²) in [5.74, 6) is 0.869. The molecule has 2 heteroatoms. The standard InChI is InChI=1S/C28H18O2/c29-27-23-14-8-7-13-22(23)24-18-26-19(17-25(24)27)15-16-28(30-26,20-9-3-1-4-10-20)21-11-5-2-6-12-21/h1-18H. The van der Waals surface area contributed by atoms with Gasteiger partial charge in [0, 0.05) is 27.8 Å². The average molecular weight is 386 g/mol. The Kier molecular flexibility index (Phi) is 3.57. The van der Waals surface area contributed by atoms with Crippen LogP contribution in [0.25, 0.3) is 17.2 Å². The molecule has 0 unspecified atom stereocenters. The van der Waals surface area contributed by atoms with Crippen molar-refractivity contribution in [3.8, 4) is 16.9 Å². The third-order valence-corrected chi connectivity index (χ3v) is 6.03. The van der Waals surface area contributed by atoms with Crippen molar-refractivity contribution in [2.45, 2.75) is 5.60 Å². The highest BCUT2D eigenvalue weighted by atomic mass is 16.5. The lowest BCUT2D eigenvalue weighted by molar-refractivity contribution is 0.104. The summed E-state index contributed by atoms with van der Waals surface area (Å²) in [4.78, 5) is 12.9. The van der Waals surface area contributed by atoms with Gasteiger partial charge >= 0.3 is 0 Å². The first-order valence-corrected chi connectivity index (χ1v) is 10.1. The van der Waals surface area contributed by atoms with Crippen LogP contribution in [0, 0.1) is 0 Å². The summed E-state index contributed by atoms with van der Waals surface area (Å²) in [5.41, 5.74) is 5.77. The maximum atomic E-state index is 12.9. The molecule has 0 radical (unpaired) electrons. The van der Waals surface area contributed by atoms with Crippen molar-refractivity contribution in [3.05, 3.63) is 131 Å². The molecule has 0 bridgehead atoms. The molecule has 2 nitrogen and oxygen atoms in total. The third-order valence-electron chi connectivity index (χ3n) is 6.03. The maximum Gasteiger partial charge on any atom is 0.194 e. The highest BCUT2D eigenvalue weighted by Crippen LogP contribution is 2.46. The van der Waals surface area contributed by atoms with Gasteiger partial charge in [-0.1, -0.05) is 91.0 Å². The largest absolute Gasteiger partial charge is 0.473 e. The number of ether oxygens (including phenoxy) is 1. The number of carbonyl (C=O) groups excluding carboxylic acids is 1. The second-order valence-corrected chi connectivity index (χ2v) is 7.71. The van der Waals surface area contributed by atoms with Crippen LogP contribution in [0.2, 0.25) is 0 Å². The molecule has 142 valence electrons. The molecule has 0 saturated heterocycles. The minimum absolute atomic E-state index is 0.0831. The number of rotatable bonds is 2. The molecule has 4 aromatic carbocycles. The predicted octanol–water partition coefficient (Wildman–Crippen LogP) is 6.25. The molecular weight excluding hydrogens is 368 g/mol. The Morgan fingerprint density at radius 2 is 1.20 bits per heavy atom. The van der Waals surface area contributed by atoms with Gasteiger partial charge in [0.2, 0.25) is 0 Å². The predicted molar refractivity (Wildman–Crippen MR) is 119 cm³/mol. The number of hydrogen-bond donors (Lipinski definition) is 0. The summed E-state index contributed by atoms with van der Waals surface area (Å²) in [6, 6.07) is 32.3. The second kappa shape index (κ2) is 6.30. The van der Waals surface area contributed by atoms with Crippen LogP contribution >= 0.6 is 0 Å². The molecule has 1 aliphatic carbocycles. The minimum atomic E-state index is -0.716. The van der Waals surface area contributed by atoms with Crippen LogP contribution in [0.3, 0.4) is 0 Å². The summed E-state index contributed by atoms with van der Waals surface area (Å²) in [7, 11) is 0. The molecule has 30 heavy (non-hydrogen) atoms. The van der Waals surface area contributed by atoms with Crippen LogP contribution in [0.4, 0.5) is 0 Å². The fourth-order valence-corrected chi connectivity index (χ4v) is 4.55. The second-order valence-electron chi connectivity index (χ2n) is 7.71. The van der Waals surface area contributed by atoms with E-state index in [0.29, 0.717) is 0 Å². The molecule has 6 rings (SSSR count). The average Bonchev–Trinajstić information content (AvgIpc) is 3.10. The van der Waals surface area contributed by atoms with Crippen LogP contribution in [0.15, 0.2) is 103 Å². The molecule has 0 amide bonds. The highest BCUT2D eigenvalue weighted by Gasteiger charge is 2.38. The zero-order valence-corrected chi connectivity index (χ0v) is 16.2. The summed E-state index contributed by atoms with van der Waals surface area (Å²) < 4.78 is 6.77. The topological polar surface area (TPSA) is 26.3 Å². The minimum Gasteiger partial charge on any atom is -0.473 e.